The molecule has 1 aliphatic heterocycles. The zero-order valence-corrected chi connectivity index (χ0v) is 25.0. The van der Waals surface area contributed by atoms with Gasteiger partial charge in [-0.25, -0.2) is 9.36 Å². The van der Waals surface area contributed by atoms with Crippen LogP contribution in [0.25, 0.3) is 0 Å². The fourth-order valence-electron chi connectivity index (χ4n) is 4.96. The Bertz CT molecular complexity index is 1250. The Kier molecular flexibility index (Phi) is 11.0. The highest BCUT2D eigenvalue weighted by atomic mass is 32.3. The summed E-state index contributed by atoms with van der Waals surface area (Å²) in [5.74, 6) is -2.20. The SMILES string of the molecule is CCCC[C@]1(CC)CS(O)(O)c2cc(CNCCP(=O)(O)OC(=O)C(F)(F)F)c(OC)cc2[C@@H](c2ccccc2)N1. The van der Waals surface area contributed by atoms with Crippen molar-refractivity contribution in [3.63, 3.8) is 0 Å². The third-order valence-corrected chi connectivity index (χ3v) is 10.4. The largest absolute Gasteiger partial charge is 0.496 e. The normalized spacial score (nSPS) is 22.6. The molecule has 0 radical (unpaired) electrons. The van der Waals surface area contributed by atoms with Crippen LogP contribution in [0.1, 0.15) is 62.3 Å². The molecule has 2 aromatic rings. The molecule has 1 unspecified atom stereocenters. The lowest BCUT2D eigenvalue weighted by Crippen LogP contribution is -2.49. The fraction of sp³-hybridized carbons (Fsp3) is 0.519. The molecule has 230 valence electrons. The first-order chi connectivity index (χ1) is 19.2. The summed E-state index contributed by atoms with van der Waals surface area (Å²) in [6.45, 7) is 3.87. The monoisotopic (exact) mass is 622 g/mol. The molecule has 2 aromatic carbocycles. The van der Waals surface area contributed by atoms with Crippen LogP contribution in [0.3, 0.4) is 0 Å². The molecule has 0 aromatic heterocycles. The maximum atomic E-state index is 12.4. The van der Waals surface area contributed by atoms with Crippen LogP contribution in [0.15, 0.2) is 47.4 Å². The van der Waals surface area contributed by atoms with Gasteiger partial charge in [0, 0.05) is 29.8 Å². The van der Waals surface area contributed by atoms with E-state index >= 15 is 0 Å². The highest BCUT2D eigenvalue weighted by molar-refractivity contribution is 8.24. The molecular formula is C27H38F3N2O7PS. The predicted octanol–water partition coefficient (Wildman–Crippen LogP) is 6.22. The van der Waals surface area contributed by atoms with Crippen LogP contribution in [0.2, 0.25) is 0 Å². The molecule has 0 amide bonds. The van der Waals surface area contributed by atoms with E-state index in [9.17, 15) is 36.5 Å². The van der Waals surface area contributed by atoms with Gasteiger partial charge in [0.05, 0.1) is 30.0 Å². The fourth-order valence-corrected chi connectivity index (χ4v) is 8.10. The number of hydrogen-bond donors (Lipinski definition) is 5. The van der Waals surface area contributed by atoms with Gasteiger partial charge in [-0.05, 0) is 30.5 Å². The van der Waals surface area contributed by atoms with E-state index in [-0.39, 0.29) is 24.9 Å². The van der Waals surface area contributed by atoms with Gasteiger partial charge in [-0.15, -0.1) is 0 Å². The molecule has 1 aliphatic rings. The van der Waals surface area contributed by atoms with Crippen molar-refractivity contribution < 1.29 is 45.8 Å². The summed E-state index contributed by atoms with van der Waals surface area (Å²) in [7, 11) is -6.68. The van der Waals surface area contributed by atoms with E-state index in [1.54, 1.807) is 12.1 Å². The Morgan fingerprint density at radius 1 is 1.22 bits per heavy atom. The van der Waals surface area contributed by atoms with Crippen molar-refractivity contribution in [1.82, 2.24) is 10.6 Å². The van der Waals surface area contributed by atoms with E-state index in [1.165, 1.54) is 7.11 Å². The number of unbranched alkanes of at least 4 members (excludes halogenated alkanes) is 1. The van der Waals surface area contributed by atoms with E-state index in [4.69, 9.17) is 4.74 Å². The van der Waals surface area contributed by atoms with E-state index in [2.05, 4.69) is 22.1 Å². The lowest BCUT2D eigenvalue weighted by molar-refractivity contribution is -0.190. The Hall–Kier alpha value is -2.12. The average Bonchev–Trinajstić information content (AvgIpc) is 3.01. The van der Waals surface area contributed by atoms with Gasteiger partial charge in [0.25, 0.3) is 0 Å². The van der Waals surface area contributed by atoms with Crippen LogP contribution in [0.4, 0.5) is 13.2 Å². The van der Waals surface area contributed by atoms with Gasteiger partial charge in [-0.1, -0.05) is 57.0 Å². The van der Waals surface area contributed by atoms with E-state index in [1.807, 2.05) is 37.3 Å². The van der Waals surface area contributed by atoms with Crippen LogP contribution in [0.5, 0.6) is 5.75 Å². The maximum absolute atomic E-state index is 12.4. The number of carbonyl (C=O) groups excluding carboxylic acids is 1. The Morgan fingerprint density at radius 2 is 1.90 bits per heavy atom. The van der Waals surface area contributed by atoms with Gasteiger partial charge >= 0.3 is 19.7 Å². The third kappa shape index (κ3) is 8.47. The first-order valence-corrected chi connectivity index (χ1v) is 16.8. The molecule has 0 aliphatic carbocycles. The summed E-state index contributed by atoms with van der Waals surface area (Å²) >= 11 is 0. The van der Waals surface area contributed by atoms with Crippen molar-refractivity contribution in [2.75, 3.05) is 25.6 Å². The van der Waals surface area contributed by atoms with E-state index < -0.39 is 42.0 Å². The number of benzene rings is 2. The molecule has 0 fully saturated rings. The van der Waals surface area contributed by atoms with Gasteiger partial charge in [0.1, 0.15) is 5.75 Å². The van der Waals surface area contributed by atoms with Crippen LogP contribution >= 0.6 is 18.2 Å². The van der Waals surface area contributed by atoms with Gasteiger partial charge in [-0.2, -0.15) is 23.8 Å². The quantitative estimate of drug-likeness (QED) is 0.138. The molecule has 9 nitrogen and oxygen atoms in total. The summed E-state index contributed by atoms with van der Waals surface area (Å²) in [4.78, 5) is 20.9. The zero-order chi connectivity index (χ0) is 30.5. The Morgan fingerprint density at radius 3 is 2.49 bits per heavy atom. The van der Waals surface area contributed by atoms with Crippen LogP contribution in [-0.2, 0) is 20.4 Å². The van der Waals surface area contributed by atoms with Gasteiger partial charge < -0.3 is 19.5 Å². The molecule has 1 heterocycles. The first kappa shape index (κ1) is 33.4. The van der Waals surface area contributed by atoms with Crippen LogP contribution in [0, 0.1) is 0 Å². The minimum absolute atomic E-state index is 0.0252. The molecule has 0 spiro atoms. The average molecular weight is 623 g/mol. The summed E-state index contributed by atoms with van der Waals surface area (Å²) in [5, 5.41) is 6.60. The van der Waals surface area contributed by atoms with Crippen molar-refractivity contribution in [3.8, 4) is 5.75 Å². The zero-order valence-electron chi connectivity index (χ0n) is 23.2. The van der Waals surface area contributed by atoms with E-state index in [0.29, 0.717) is 28.2 Å². The third-order valence-electron chi connectivity index (χ3n) is 7.17. The molecule has 3 atom stereocenters. The summed E-state index contributed by atoms with van der Waals surface area (Å²) in [6, 6.07) is 12.7. The molecular weight excluding hydrogens is 584 g/mol. The predicted molar refractivity (Wildman–Crippen MR) is 151 cm³/mol. The topological polar surface area (TPSA) is 137 Å². The van der Waals surface area contributed by atoms with Crippen molar-refractivity contribution in [2.45, 2.75) is 68.7 Å². The number of alkyl halides is 3. The van der Waals surface area contributed by atoms with Crippen molar-refractivity contribution >= 4 is 24.2 Å². The second-order valence-electron chi connectivity index (χ2n) is 10.2. The number of rotatable bonds is 12. The molecule has 0 saturated carbocycles. The Labute approximate surface area is 239 Å². The minimum atomic E-state index is -5.39. The lowest BCUT2D eigenvalue weighted by atomic mass is 9.88. The minimum Gasteiger partial charge on any atom is -0.496 e. The number of halogens is 3. The number of methoxy groups -OCH3 is 1. The highest BCUT2D eigenvalue weighted by Crippen LogP contribution is 2.58. The van der Waals surface area contributed by atoms with Crippen molar-refractivity contribution in [1.29, 1.82) is 0 Å². The smallest absolute Gasteiger partial charge is 0.491 e. The van der Waals surface area contributed by atoms with Crippen molar-refractivity contribution in [2.24, 2.45) is 0 Å². The number of hydrogen-bond acceptors (Lipinski definition) is 8. The molecule has 0 saturated heterocycles. The van der Waals surface area contributed by atoms with Crippen molar-refractivity contribution in [3.05, 3.63) is 59.2 Å². The standard InChI is InChI=1S/C27H38F3N2O7PS/c1-4-6-12-26(5-2)18-41(36,37)23-15-20(17-31-13-14-40(34,35)39-25(33)27(28,29)30)22(38-3)16-21(23)24(32-26)19-10-8-7-9-11-19/h7-11,15-16,24,31-32,36-37H,4-6,12-14,17-18H2,1-3H3,(H,34,35)/t24-,26-/m1/s1. The van der Waals surface area contributed by atoms with E-state index in [0.717, 1.165) is 24.8 Å². The summed E-state index contributed by atoms with van der Waals surface area (Å²) in [5.41, 5.74) is 1.56. The second kappa shape index (κ2) is 13.5. The van der Waals surface area contributed by atoms with Gasteiger partial charge in [0.15, 0.2) is 0 Å². The van der Waals surface area contributed by atoms with Crippen LogP contribution < -0.4 is 15.4 Å². The summed E-state index contributed by atoms with van der Waals surface area (Å²) in [6.07, 6.45) is -2.87. The Balaban J connectivity index is 1.93. The van der Waals surface area contributed by atoms with Crippen LogP contribution in [-0.4, -0.2) is 57.3 Å². The van der Waals surface area contributed by atoms with Gasteiger partial charge in [0.2, 0.25) is 0 Å². The number of carbonyl (C=O) groups is 1. The summed E-state index contributed by atoms with van der Waals surface area (Å²) < 4.78 is 81.6. The molecule has 0 bridgehead atoms. The maximum Gasteiger partial charge on any atom is 0.491 e. The number of nitrogens with one attached hydrogen (secondary N) is 2. The molecule has 14 heteroatoms. The number of fused-ring (bicyclic) bond motifs is 1. The lowest BCUT2D eigenvalue weighted by Gasteiger charge is -2.42. The van der Waals surface area contributed by atoms with Gasteiger partial charge in [-0.3, -0.25) is 14.4 Å². The first-order valence-electron chi connectivity index (χ1n) is 13.3. The molecule has 3 rings (SSSR count). The molecule has 41 heavy (non-hydrogen) atoms. The number of ether oxygens (including phenoxy) is 1. The highest BCUT2D eigenvalue weighted by Gasteiger charge is 2.45. The second-order valence-corrected chi connectivity index (χ2v) is 14.1. The molecule has 5 N–H and O–H groups in total.